The second-order valence-corrected chi connectivity index (χ2v) is 3.97. The molecule has 0 spiro atoms. The minimum atomic E-state index is -0.848. The van der Waals surface area contributed by atoms with Gasteiger partial charge < -0.3 is 14.6 Å². The number of allylic oxidation sites excluding steroid dienone is 5. The molecule has 1 aliphatic carbocycles. The molecule has 0 saturated carbocycles. The van der Waals surface area contributed by atoms with Crippen molar-refractivity contribution < 1.29 is 19.4 Å². The molecule has 18 heavy (non-hydrogen) atoms. The molecular formula is C14H18O4. The van der Waals surface area contributed by atoms with E-state index in [0.29, 0.717) is 11.3 Å². The molecule has 4 heteroatoms. The van der Waals surface area contributed by atoms with Gasteiger partial charge in [0, 0.05) is 5.57 Å². The Hall–Kier alpha value is -1.81. The quantitative estimate of drug-likeness (QED) is 0.577. The van der Waals surface area contributed by atoms with Gasteiger partial charge in [-0.2, -0.15) is 0 Å². The Morgan fingerprint density at radius 2 is 2.28 bits per heavy atom. The van der Waals surface area contributed by atoms with E-state index in [4.69, 9.17) is 9.47 Å². The maximum atomic E-state index is 11.1. The monoisotopic (exact) mass is 250 g/mol. The Bertz CT molecular complexity index is 391. The van der Waals surface area contributed by atoms with Gasteiger partial charge in [0.2, 0.25) is 0 Å². The number of carbonyl (C=O) groups is 1. The molecule has 1 N–H and O–H groups in total. The molecule has 0 aliphatic heterocycles. The van der Waals surface area contributed by atoms with Gasteiger partial charge >= 0.3 is 5.97 Å². The first kappa shape index (κ1) is 14.3. The smallest absolute Gasteiger partial charge is 0.333 e. The van der Waals surface area contributed by atoms with Gasteiger partial charge in [-0.15, -0.1) is 0 Å². The zero-order valence-electron chi connectivity index (χ0n) is 10.5. The van der Waals surface area contributed by atoms with Crippen molar-refractivity contribution in [2.75, 3.05) is 13.2 Å². The summed E-state index contributed by atoms with van der Waals surface area (Å²) in [6.45, 7) is 4.99. The zero-order valence-corrected chi connectivity index (χ0v) is 10.5. The third-order valence-electron chi connectivity index (χ3n) is 2.16. The predicted molar refractivity (Wildman–Crippen MR) is 68.7 cm³/mol. The lowest BCUT2D eigenvalue weighted by molar-refractivity contribution is -0.142. The summed E-state index contributed by atoms with van der Waals surface area (Å²) in [5.74, 6) is 0.192. The number of esters is 1. The summed E-state index contributed by atoms with van der Waals surface area (Å²) in [7, 11) is 0. The molecule has 1 rings (SSSR count). The normalized spacial score (nSPS) is 15.6. The highest BCUT2D eigenvalue weighted by molar-refractivity contribution is 5.86. The summed E-state index contributed by atoms with van der Waals surface area (Å²) in [6.07, 6.45) is 9.47. The average Bonchev–Trinajstić information content (AvgIpc) is 2.61. The van der Waals surface area contributed by atoms with Crippen LogP contribution in [0.1, 0.15) is 13.3 Å². The summed E-state index contributed by atoms with van der Waals surface area (Å²) in [6, 6.07) is 0. The van der Waals surface area contributed by atoms with E-state index in [9.17, 15) is 9.90 Å². The maximum absolute atomic E-state index is 11.1. The van der Waals surface area contributed by atoms with Crippen LogP contribution in [-0.2, 0) is 14.3 Å². The summed E-state index contributed by atoms with van der Waals surface area (Å²) < 4.78 is 10.2. The Morgan fingerprint density at radius 1 is 1.50 bits per heavy atom. The van der Waals surface area contributed by atoms with Gasteiger partial charge in [-0.05, 0) is 25.5 Å². The number of hydrogen-bond donors (Lipinski definition) is 1. The van der Waals surface area contributed by atoms with Crippen LogP contribution in [0.5, 0.6) is 0 Å². The Labute approximate surface area is 107 Å². The molecule has 0 bridgehead atoms. The van der Waals surface area contributed by atoms with E-state index in [1.54, 1.807) is 6.92 Å². The van der Waals surface area contributed by atoms with Crippen LogP contribution in [-0.4, -0.2) is 30.4 Å². The SMILES string of the molecule is C=C(C)C(=O)OCC(O)COC1=CCC=CC=C1. The van der Waals surface area contributed by atoms with Crippen LogP contribution >= 0.6 is 0 Å². The number of carbonyl (C=O) groups excluding carboxylic acids is 1. The summed E-state index contributed by atoms with van der Waals surface area (Å²) in [4.78, 5) is 11.1. The van der Waals surface area contributed by atoms with E-state index in [2.05, 4.69) is 6.58 Å². The van der Waals surface area contributed by atoms with Crippen LogP contribution in [0.3, 0.4) is 0 Å². The van der Waals surface area contributed by atoms with Crippen molar-refractivity contribution in [3.05, 3.63) is 48.3 Å². The van der Waals surface area contributed by atoms with Gasteiger partial charge in [0.05, 0.1) is 0 Å². The largest absolute Gasteiger partial charge is 0.491 e. The molecular weight excluding hydrogens is 232 g/mol. The highest BCUT2D eigenvalue weighted by atomic mass is 16.5. The lowest BCUT2D eigenvalue weighted by Gasteiger charge is -2.13. The molecule has 0 fully saturated rings. The standard InChI is InChI=1S/C14H18O4/c1-11(2)14(16)18-10-12(15)9-17-13-7-5-3-4-6-8-13/h3-5,7-8,12,15H,1,6,9-10H2,2H3. The molecule has 0 amide bonds. The van der Waals surface area contributed by atoms with Crippen molar-refractivity contribution in [3.8, 4) is 0 Å². The summed E-state index contributed by atoms with van der Waals surface area (Å²) in [5.41, 5.74) is 0.309. The number of ether oxygens (including phenoxy) is 2. The van der Waals surface area contributed by atoms with Gasteiger partial charge in [0.1, 0.15) is 25.1 Å². The fourth-order valence-electron chi connectivity index (χ4n) is 1.20. The molecule has 1 atom stereocenters. The van der Waals surface area contributed by atoms with Gasteiger partial charge in [-0.1, -0.05) is 24.8 Å². The Morgan fingerprint density at radius 3 is 3.00 bits per heavy atom. The minimum Gasteiger partial charge on any atom is -0.491 e. The van der Waals surface area contributed by atoms with Crippen molar-refractivity contribution in [1.29, 1.82) is 0 Å². The molecule has 1 aliphatic rings. The first-order valence-electron chi connectivity index (χ1n) is 5.76. The molecule has 0 aromatic carbocycles. The Balaban J connectivity index is 2.24. The lowest BCUT2D eigenvalue weighted by atomic mass is 10.3. The fourth-order valence-corrected chi connectivity index (χ4v) is 1.20. The van der Waals surface area contributed by atoms with Crippen LogP contribution in [0.15, 0.2) is 48.3 Å². The molecule has 0 saturated heterocycles. The molecule has 0 radical (unpaired) electrons. The highest BCUT2D eigenvalue weighted by Crippen LogP contribution is 2.07. The first-order chi connectivity index (χ1) is 8.59. The molecule has 1 unspecified atom stereocenters. The second kappa shape index (κ2) is 7.50. The topological polar surface area (TPSA) is 55.8 Å². The van der Waals surface area contributed by atoms with Gasteiger partial charge in [-0.25, -0.2) is 4.79 Å². The van der Waals surface area contributed by atoms with Crippen LogP contribution in [0.2, 0.25) is 0 Å². The van der Waals surface area contributed by atoms with E-state index < -0.39 is 12.1 Å². The highest BCUT2D eigenvalue weighted by Gasteiger charge is 2.10. The predicted octanol–water partition coefficient (Wildman–Crippen LogP) is 1.88. The number of aliphatic hydroxyl groups excluding tert-OH is 1. The Kier molecular flexibility index (Phi) is 5.94. The van der Waals surface area contributed by atoms with E-state index in [1.165, 1.54) is 0 Å². The molecule has 98 valence electrons. The van der Waals surface area contributed by atoms with Crippen molar-refractivity contribution in [1.82, 2.24) is 0 Å². The lowest BCUT2D eigenvalue weighted by Crippen LogP contribution is -2.23. The van der Waals surface area contributed by atoms with E-state index in [-0.39, 0.29) is 13.2 Å². The first-order valence-corrected chi connectivity index (χ1v) is 5.76. The zero-order chi connectivity index (χ0) is 13.4. The van der Waals surface area contributed by atoms with Crippen molar-refractivity contribution in [2.24, 2.45) is 0 Å². The van der Waals surface area contributed by atoms with Gasteiger partial charge in [-0.3, -0.25) is 0 Å². The van der Waals surface area contributed by atoms with Gasteiger partial charge in [0.25, 0.3) is 0 Å². The van der Waals surface area contributed by atoms with Crippen LogP contribution in [0.4, 0.5) is 0 Å². The third kappa shape index (κ3) is 5.50. The van der Waals surface area contributed by atoms with Gasteiger partial charge in [0.15, 0.2) is 0 Å². The minimum absolute atomic E-state index is 0.0830. The fraction of sp³-hybridized carbons (Fsp3) is 0.357. The summed E-state index contributed by atoms with van der Waals surface area (Å²) >= 11 is 0. The summed E-state index contributed by atoms with van der Waals surface area (Å²) in [5, 5.41) is 9.58. The molecule has 0 aromatic rings. The van der Waals surface area contributed by atoms with Crippen LogP contribution in [0, 0.1) is 0 Å². The van der Waals surface area contributed by atoms with Crippen molar-refractivity contribution in [2.45, 2.75) is 19.4 Å². The molecule has 0 heterocycles. The molecule has 0 aromatic heterocycles. The maximum Gasteiger partial charge on any atom is 0.333 e. The van der Waals surface area contributed by atoms with E-state index in [0.717, 1.165) is 6.42 Å². The van der Waals surface area contributed by atoms with Crippen molar-refractivity contribution >= 4 is 5.97 Å². The van der Waals surface area contributed by atoms with Crippen LogP contribution < -0.4 is 0 Å². The number of aliphatic hydroxyl groups is 1. The van der Waals surface area contributed by atoms with Crippen molar-refractivity contribution in [3.63, 3.8) is 0 Å². The number of rotatable bonds is 6. The third-order valence-corrected chi connectivity index (χ3v) is 2.16. The second-order valence-electron chi connectivity index (χ2n) is 3.97. The van der Waals surface area contributed by atoms with Crippen LogP contribution in [0.25, 0.3) is 0 Å². The van der Waals surface area contributed by atoms with E-state index in [1.807, 2.05) is 30.4 Å². The average molecular weight is 250 g/mol. The number of hydrogen-bond acceptors (Lipinski definition) is 4. The van der Waals surface area contributed by atoms with E-state index >= 15 is 0 Å². The molecule has 4 nitrogen and oxygen atoms in total.